The molecular weight excluding hydrogens is 462 g/mol. The van der Waals surface area contributed by atoms with Gasteiger partial charge in [0, 0.05) is 18.8 Å². The number of methoxy groups -OCH3 is 2. The predicted octanol–water partition coefficient (Wildman–Crippen LogP) is 4.42. The highest BCUT2D eigenvalue weighted by atomic mass is 32.2. The van der Waals surface area contributed by atoms with Gasteiger partial charge >= 0.3 is 5.97 Å². The van der Waals surface area contributed by atoms with Crippen molar-refractivity contribution in [2.45, 2.75) is 32.4 Å². The van der Waals surface area contributed by atoms with Crippen LogP contribution in [0.1, 0.15) is 36.1 Å². The molecule has 3 aliphatic rings. The first-order chi connectivity index (χ1) is 17.0. The van der Waals surface area contributed by atoms with Crippen molar-refractivity contribution in [3.63, 3.8) is 0 Å². The third-order valence-electron chi connectivity index (χ3n) is 6.63. The molecule has 2 aromatic carbocycles. The lowest BCUT2D eigenvalue weighted by Crippen LogP contribution is -2.40. The Morgan fingerprint density at radius 2 is 1.91 bits per heavy atom. The molecule has 180 valence electrons. The third-order valence-corrected chi connectivity index (χ3v) is 7.52. The molecule has 0 aromatic heterocycles. The zero-order valence-electron chi connectivity index (χ0n) is 20.0. The Kier molecular flexibility index (Phi) is 6.38. The number of hydrogen-bond acceptors (Lipinski definition) is 7. The quantitative estimate of drug-likeness (QED) is 0.579. The van der Waals surface area contributed by atoms with Crippen LogP contribution < -0.4 is 4.74 Å². The van der Waals surface area contributed by atoms with Crippen LogP contribution in [0.5, 0.6) is 5.75 Å². The monoisotopic (exact) mass is 489 g/mol. The molecule has 3 heterocycles. The Morgan fingerprint density at radius 1 is 1.11 bits per heavy atom. The second kappa shape index (κ2) is 9.62. The molecule has 0 radical (unpaired) electrons. The highest BCUT2D eigenvalue weighted by Crippen LogP contribution is 2.45. The molecule has 35 heavy (non-hydrogen) atoms. The number of esters is 1. The van der Waals surface area contributed by atoms with E-state index in [4.69, 9.17) is 9.47 Å². The maximum absolute atomic E-state index is 13.4. The van der Waals surface area contributed by atoms with E-state index in [2.05, 4.69) is 17.1 Å². The summed E-state index contributed by atoms with van der Waals surface area (Å²) in [6, 6.07) is 15.4. The Morgan fingerprint density at radius 3 is 2.69 bits per heavy atom. The number of aliphatic imine (C=N–C) groups is 1. The Labute approximate surface area is 209 Å². The molecule has 7 nitrogen and oxygen atoms in total. The van der Waals surface area contributed by atoms with Crippen LogP contribution >= 0.6 is 11.8 Å². The summed E-state index contributed by atoms with van der Waals surface area (Å²) >= 11 is 1.47. The zero-order chi connectivity index (χ0) is 24.5. The number of carbonyl (C=O) groups excluding carboxylic acids is 2. The predicted molar refractivity (Wildman–Crippen MR) is 136 cm³/mol. The molecule has 8 heteroatoms. The third kappa shape index (κ3) is 4.34. The Balaban J connectivity index is 1.45. The van der Waals surface area contributed by atoms with Gasteiger partial charge in [0.1, 0.15) is 5.75 Å². The molecule has 5 rings (SSSR count). The zero-order valence-corrected chi connectivity index (χ0v) is 20.8. The largest absolute Gasteiger partial charge is 0.497 e. The molecule has 3 aliphatic heterocycles. The van der Waals surface area contributed by atoms with Crippen LogP contribution in [0.25, 0.3) is 0 Å². The van der Waals surface area contributed by atoms with E-state index in [-0.39, 0.29) is 12.3 Å². The fraction of sp³-hybridized carbons (Fsp3) is 0.296. The summed E-state index contributed by atoms with van der Waals surface area (Å²) in [5.41, 5.74) is 5.25. The van der Waals surface area contributed by atoms with Crippen LogP contribution in [0.3, 0.4) is 0 Å². The van der Waals surface area contributed by atoms with E-state index < -0.39 is 12.0 Å². The molecule has 0 saturated carbocycles. The topological polar surface area (TPSA) is 71.4 Å². The van der Waals surface area contributed by atoms with E-state index in [1.165, 1.54) is 30.0 Å². The van der Waals surface area contributed by atoms with Crippen molar-refractivity contribution in [2.24, 2.45) is 4.99 Å². The second-order valence-corrected chi connectivity index (χ2v) is 9.51. The number of fused-ring (bicyclic) bond motifs is 2. The lowest BCUT2D eigenvalue weighted by atomic mass is 9.93. The summed E-state index contributed by atoms with van der Waals surface area (Å²) in [4.78, 5) is 34.9. The van der Waals surface area contributed by atoms with E-state index >= 15 is 0 Å². The lowest BCUT2D eigenvalue weighted by Gasteiger charge is -2.37. The minimum absolute atomic E-state index is 0.0582. The van der Waals surface area contributed by atoms with Gasteiger partial charge in [0.2, 0.25) is 5.91 Å². The van der Waals surface area contributed by atoms with Gasteiger partial charge in [-0.1, -0.05) is 48.2 Å². The van der Waals surface area contributed by atoms with Gasteiger partial charge in [0.25, 0.3) is 0 Å². The number of rotatable bonds is 5. The minimum Gasteiger partial charge on any atom is -0.497 e. The van der Waals surface area contributed by atoms with Crippen molar-refractivity contribution in [3.05, 3.63) is 87.6 Å². The van der Waals surface area contributed by atoms with Gasteiger partial charge in [-0.2, -0.15) is 0 Å². The van der Waals surface area contributed by atoms with Crippen LogP contribution in [-0.2, 0) is 27.3 Å². The van der Waals surface area contributed by atoms with Crippen molar-refractivity contribution >= 4 is 28.8 Å². The summed E-state index contributed by atoms with van der Waals surface area (Å²) in [7, 11) is 2.99. The number of benzene rings is 2. The van der Waals surface area contributed by atoms with Crippen molar-refractivity contribution < 1.29 is 19.1 Å². The van der Waals surface area contributed by atoms with E-state index in [0.717, 1.165) is 22.8 Å². The normalized spacial score (nSPS) is 19.0. The van der Waals surface area contributed by atoms with Crippen LogP contribution in [0, 0.1) is 0 Å². The molecule has 1 unspecified atom stereocenters. The number of thioether (sulfide) groups is 1. The van der Waals surface area contributed by atoms with E-state index in [1.54, 1.807) is 7.11 Å². The number of allylic oxidation sites excluding steroid dienone is 1. The first-order valence-electron chi connectivity index (χ1n) is 11.5. The summed E-state index contributed by atoms with van der Waals surface area (Å²) in [5, 5.41) is 2.71. The van der Waals surface area contributed by atoms with Crippen molar-refractivity contribution in [1.82, 2.24) is 9.80 Å². The average Bonchev–Trinajstić information content (AvgIpc) is 3.28. The smallest absolute Gasteiger partial charge is 0.338 e. The Hall–Kier alpha value is -3.52. The van der Waals surface area contributed by atoms with Crippen molar-refractivity contribution in [3.8, 4) is 5.75 Å². The maximum atomic E-state index is 13.4. The van der Waals surface area contributed by atoms with E-state index in [1.807, 2.05) is 58.5 Å². The van der Waals surface area contributed by atoms with Crippen molar-refractivity contribution in [1.29, 1.82) is 0 Å². The second-order valence-electron chi connectivity index (χ2n) is 8.67. The van der Waals surface area contributed by atoms with Crippen LogP contribution in [-0.4, -0.2) is 47.6 Å². The number of amidine groups is 1. The SMILES string of the molecule is COC(=O)C1=C(C)N=C2SC=C(CC(=O)N3CCc4ccccc4C3)N2C1c1cccc(OC)c1. The molecule has 0 N–H and O–H groups in total. The lowest BCUT2D eigenvalue weighted by molar-refractivity contribution is -0.136. The maximum Gasteiger partial charge on any atom is 0.338 e. The van der Waals surface area contributed by atoms with Crippen LogP contribution in [0.15, 0.2) is 75.9 Å². The molecule has 0 fully saturated rings. The molecule has 0 saturated heterocycles. The van der Waals surface area contributed by atoms with Gasteiger partial charge in [-0.05, 0) is 47.6 Å². The molecule has 0 spiro atoms. The van der Waals surface area contributed by atoms with Gasteiger partial charge in [0.15, 0.2) is 5.17 Å². The highest BCUT2D eigenvalue weighted by molar-refractivity contribution is 8.16. The summed E-state index contributed by atoms with van der Waals surface area (Å²) < 4.78 is 10.6. The fourth-order valence-electron chi connectivity index (χ4n) is 4.84. The number of hydrogen-bond donors (Lipinski definition) is 0. The molecule has 0 aliphatic carbocycles. The fourth-order valence-corrected chi connectivity index (χ4v) is 5.81. The summed E-state index contributed by atoms with van der Waals surface area (Å²) in [5.74, 6) is 0.310. The van der Waals surface area contributed by atoms with Crippen molar-refractivity contribution in [2.75, 3.05) is 20.8 Å². The molecule has 1 atom stereocenters. The molecular formula is C27H27N3O4S. The Bertz CT molecular complexity index is 1280. The van der Waals surface area contributed by atoms with Gasteiger partial charge in [-0.3, -0.25) is 4.79 Å². The van der Waals surface area contributed by atoms with E-state index in [9.17, 15) is 9.59 Å². The van der Waals surface area contributed by atoms with Gasteiger partial charge in [-0.25, -0.2) is 9.79 Å². The molecule has 1 amide bonds. The van der Waals surface area contributed by atoms with E-state index in [0.29, 0.717) is 30.1 Å². The molecule has 0 bridgehead atoms. The minimum atomic E-state index is -0.471. The number of ether oxygens (including phenoxy) is 2. The van der Waals surface area contributed by atoms with Crippen LogP contribution in [0.4, 0.5) is 0 Å². The first-order valence-corrected chi connectivity index (χ1v) is 12.4. The average molecular weight is 490 g/mol. The van der Waals surface area contributed by atoms with Crippen LogP contribution in [0.2, 0.25) is 0 Å². The van der Waals surface area contributed by atoms with Gasteiger partial charge < -0.3 is 19.3 Å². The van der Waals surface area contributed by atoms with Gasteiger partial charge in [-0.15, -0.1) is 0 Å². The first kappa shape index (κ1) is 23.2. The highest BCUT2D eigenvalue weighted by Gasteiger charge is 2.41. The summed E-state index contributed by atoms with van der Waals surface area (Å²) in [6.45, 7) is 3.13. The summed E-state index contributed by atoms with van der Waals surface area (Å²) in [6.07, 6.45) is 1.08. The number of nitrogens with zero attached hydrogens (tertiary/aromatic N) is 3. The number of amides is 1. The standard InChI is InChI=1S/C27H27N3O4S/c1-17-24(26(32)34-3)25(19-9-6-10-22(13-19)33-2)30-21(16-35-27(30)28-17)14-23(31)29-12-11-18-7-4-5-8-20(18)15-29/h4-10,13,16,25H,11-12,14-15H2,1-3H3. The molecule has 2 aromatic rings. The van der Waals surface area contributed by atoms with Gasteiger partial charge in [0.05, 0.1) is 38.0 Å². The number of carbonyl (C=O) groups is 2.